The van der Waals surface area contributed by atoms with Crippen molar-refractivity contribution < 1.29 is 9.90 Å². The number of para-hydroxylation sites is 1. The van der Waals surface area contributed by atoms with Gasteiger partial charge in [0.1, 0.15) is 10.6 Å². The maximum Gasteiger partial charge on any atom is 0.333 e. The fraction of sp³-hybridized carbons (Fsp3) is 0.250. The third-order valence-corrected chi connectivity index (χ3v) is 6.17. The van der Waals surface area contributed by atoms with Gasteiger partial charge in [-0.3, -0.25) is 18.7 Å². The van der Waals surface area contributed by atoms with Crippen molar-refractivity contribution in [1.29, 1.82) is 0 Å². The van der Waals surface area contributed by atoms with Gasteiger partial charge in [-0.25, -0.2) is 9.79 Å². The molecule has 0 unspecified atom stereocenters. The lowest BCUT2D eigenvalue weighted by Gasteiger charge is -2.14. The Balaban J connectivity index is 1.99. The van der Waals surface area contributed by atoms with E-state index in [1.54, 1.807) is 12.1 Å². The summed E-state index contributed by atoms with van der Waals surface area (Å²) >= 11 is 1.01. The minimum Gasteiger partial charge on any atom is -0.494 e. The van der Waals surface area contributed by atoms with Crippen molar-refractivity contribution in [3.8, 4) is 5.88 Å². The largest absolute Gasteiger partial charge is 0.494 e. The van der Waals surface area contributed by atoms with E-state index in [0.717, 1.165) is 43.3 Å². The van der Waals surface area contributed by atoms with Crippen LogP contribution < -0.4 is 16.6 Å². The number of aromatic hydroxyl groups is 1. The molecular formula is C24H26N4O4S. The summed E-state index contributed by atoms with van der Waals surface area (Å²) in [5.74, 6) is -0.837. The predicted molar refractivity (Wildman–Crippen MR) is 133 cm³/mol. The number of benzene rings is 2. The number of hydrogen-bond acceptors (Lipinski definition) is 6. The number of carbonyl (C=O) groups is 1. The summed E-state index contributed by atoms with van der Waals surface area (Å²) in [4.78, 5) is 42.3. The summed E-state index contributed by atoms with van der Waals surface area (Å²) in [5, 5.41) is 13.6. The first-order valence-corrected chi connectivity index (χ1v) is 11.2. The Hall–Kier alpha value is -3.59. The molecule has 1 amide bonds. The second kappa shape index (κ2) is 9.91. The molecule has 0 radical (unpaired) electrons. The van der Waals surface area contributed by atoms with Crippen molar-refractivity contribution in [2.45, 2.75) is 20.8 Å². The normalized spacial score (nSPS) is 11.5. The van der Waals surface area contributed by atoms with Crippen molar-refractivity contribution in [1.82, 2.24) is 9.13 Å². The van der Waals surface area contributed by atoms with Crippen molar-refractivity contribution in [2.24, 2.45) is 19.1 Å². The first-order valence-electron chi connectivity index (χ1n) is 10.2. The van der Waals surface area contributed by atoms with Crippen LogP contribution in [0.5, 0.6) is 5.88 Å². The van der Waals surface area contributed by atoms with Crippen LogP contribution in [0.25, 0.3) is 0 Å². The van der Waals surface area contributed by atoms with Crippen molar-refractivity contribution in [2.75, 3.05) is 11.1 Å². The average Bonchev–Trinajstić information content (AvgIpc) is 2.78. The van der Waals surface area contributed by atoms with Crippen LogP contribution in [0.1, 0.15) is 22.3 Å². The molecule has 172 valence electrons. The number of hydrogen-bond donors (Lipinski definition) is 2. The molecular weight excluding hydrogens is 440 g/mol. The highest BCUT2D eigenvalue weighted by Crippen LogP contribution is 2.24. The monoisotopic (exact) mass is 466 g/mol. The summed E-state index contributed by atoms with van der Waals surface area (Å²) in [6, 6.07) is 13.0. The molecule has 9 heteroatoms. The average molecular weight is 467 g/mol. The first kappa shape index (κ1) is 24.1. The summed E-state index contributed by atoms with van der Waals surface area (Å²) in [7, 11) is 2.69. The number of aryl methyl sites for hydroxylation is 3. The molecule has 0 aliphatic rings. The van der Waals surface area contributed by atoms with Crippen LogP contribution in [0.4, 0.5) is 11.4 Å². The summed E-state index contributed by atoms with van der Waals surface area (Å²) in [6.45, 7) is 5.76. The van der Waals surface area contributed by atoms with Gasteiger partial charge < -0.3 is 10.4 Å². The van der Waals surface area contributed by atoms with E-state index in [2.05, 4.69) is 10.3 Å². The number of nitrogens with one attached hydrogen (secondary N) is 1. The van der Waals surface area contributed by atoms with Crippen LogP contribution in [0.2, 0.25) is 0 Å². The number of aromatic nitrogens is 2. The molecule has 33 heavy (non-hydrogen) atoms. The Morgan fingerprint density at radius 2 is 1.61 bits per heavy atom. The van der Waals surface area contributed by atoms with Crippen LogP contribution in [0, 0.1) is 20.8 Å². The third-order valence-electron chi connectivity index (χ3n) is 5.20. The molecule has 2 N–H and O–H groups in total. The van der Waals surface area contributed by atoms with Gasteiger partial charge in [0.05, 0.1) is 11.4 Å². The SMILES string of the molecule is Cc1ccc(N=C(SCC(=O)Nc2c(C)cccc2C)c2c(O)n(C)c(=O)n(C)c2=O)cc1. The van der Waals surface area contributed by atoms with E-state index in [1.807, 2.05) is 51.1 Å². The zero-order chi connectivity index (χ0) is 24.3. The lowest BCUT2D eigenvalue weighted by atomic mass is 10.1. The Morgan fingerprint density at radius 1 is 1.00 bits per heavy atom. The molecule has 2 aromatic carbocycles. The fourth-order valence-electron chi connectivity index (χ4n) is 3.24. The number of anilines is 1. The molecule has 8 nitrogen and oxygen atoms in total. The van der Waals surface area contributed by atoms with E-state index in [-0.39, 0.29) is 22.3 Å². The van der Waals surface area contributed by atoms with Gasteiger partial charge in [0.2, 0.25) is 11.8 Å². The van der Waals surface area contributed by atoms with Gasteiger partial charge in [-0.15, -0.1) is 0 Å². The number of nitrogens with zero attached hydrogens (tertiary/aromatic N) is 3. The van der Waals surface area contributed by atoms with Gasteiger partial charge in [0.15, 0.2) is 0 Å². The Labute approximate surface area is 195 Å². The summed E-state index contributed by atoms with van der Waals surface area (Å²) in [5.41, 5.74) is 2.72. The summed E-state index contributed by atoms with van der Waals surface area (Å²) in [6.07, 6.45) is 0. The second-order valence-electron chi connectivity index (χ2n) is 7.76. The first-order chi connectivity index (χ1) is 15.6. The van der Waals surface area contributed by atoms with Gasteiger partial charge in [0.25, 0.3) is 5.56 Å². The number of amides is 1. The van der Waals surface area contributed by atoms with Crippen LogP contribution in [0.15, 0.2) is 57.0 Å². The van der Waals surface area contributed by atoms with E-state index in [0.29, 0.717) is 5.69 Å². The maximum absolute atomic E-state index is 12.9. The highest BCUT2D eigenvalue weighted by Gasteiger charge is 2.22. The van der Waals surface area contributed by atoms with Crippen LogP contribution >= 0.6 is 11.8 Å². The number of aliphatic imine (C=N–C) groups is 1. The number of thioether (sulfide) groups is 1. The van der Waals surface area contributed by atoms with E-state index >= 15 is 0 Å². The zero-order valence-electron chi connectivity index (χ0n) is 19.2. The standard InChI is InChI=1S/C24H26N4O4S/c1-14-9-11-17(12-10-14)25-21(19-22(30)27(4)24(32)28(5)23(19)31)33-13-18(29)26-20-15(2)7-6-8-16(20)3/h6-12,30H,13H2,1-5H3,(H,26,29). The molecule has 3 aromatic rings. The molecule has 1 aromatic heterocycles. The molecule has 0 fully saturated rings. The minimum atomic E-state index is -0.691. The van der Waals surface area contributed by atoms with Crippen LogP contribution in [-0.2, 0) is 18.9 Å². The highest BCUT2D eigenvalue weighted by atomic mass is 32.2. The van der Waals surface area contributed by atoms with Gasteiger partial charge in [-0.05, 0) is 44.0 Å². The Bertz CT molecular complexity index is 1330. The lowest BCUT2D eigenvalue weighted by molar-refractivity contribution is -0.113. The van der Waals surface area contributed by atoms with Crippen LogP contribution in [-0.4, -0.2) is 30.9 Å². The molecule has 0 saturated carbocycles. The van der Waals surface area contributed by atoms with Crippen molar-refractivity contribution in [3.05, 3.63) is 85.6 Å². The third kappa shape index (κ3) is 5.25. The highest BCUT2D eigenvalue weighted by molar-refractivity contribution is 8.15. The van der Waals surface area contributed by atoms with E-state index < -0.39 is 17.1 Å². The molecule has 0 spiro atoms. The predicted octanol–water partition coefficient (Wildman–Crippen LogP) is 3.17. The van der Waals surface area contributed by atoms with Crippen LogP contribution in [0.3, 0.4) is 0 Å². The van der Waals surface area contributed by atoms with Gasteiger partial charge in [-0.2, -0.15) is 0 Å². The van der Waals surface area contributed by atoms with E-state index in [1.165, 1.54) is 14.1 Å². The number of carbonyl (C=O) groups excluding carboxylic acids is 1. The Kier molecular flexibility index (Phi) is 7.23. The van der Waals surface area contributed by atoms with Crippen molar-refractivity contribution in [3.63, 3.8) is 0 Å². The molecule has 0 saturated heterocycles. The molecule has 0 bridgehead atoms. The fourth-order valence-corrected chi connectivity index (χ4v) is 4.07. The smallest absolute Gasteiger partial charge is 0.333 e. The Morgan fingerprint density at radius 3 is 2.21 bits per heavy atom. The van der Waals surface area contributed by atoms with E-state index in [9.17, 15) is 19.5 Å². The number of rotatable bonds is 5. The van der Waals surface area contributed by atoms with Gasteiger partial charge in [0, 0.05) is 19.8 Å². The van der Waals surface area contributed by atoms with Crippen molar-refractivity contribution >= 4 is 34.1 Å². The van der Waals surface area contributed by atoms with Gasteiger partial charge in [-0.1, -0.05) is 47.7 Å². The van der Waals surface area contributed by atoms with Gasteiger partial charge >= 0.3 is 5.69 Å². The molecule has 0 aliphatic heterocycles. The van der Waals surface area contributed by atoms with E-state index in [4.69, 9.17) is 0 Å². The lowest BCUT2D eigenvalue weighted by Crippen LogP contribution is -2.39. The zero-order valence-corrected chi connectivity index (χ0v) is 20.0. The second-order valence-corrected chi connectivity index (χ2v) is 8.72. The topological polar surface area (TPSA) is 106 Å². The summed E-state index contributed by atoms with van der Waals surface area (Å²) < 4.78 is 1.87. The maximum atomic E-state index is 12.9. The molecule has 1 heterocycles. The minimum absolute atomic E-state index is 0.0517. The quantitative estimate of drug-likeness (QED) is 0.444. The molecule has 0 aliphatic carbocycles. The molecule has 0 atom stereocenters. The molecule has 3 rings (SSSR count).